The number of pyridine rings is 1. The van der Waals surface area contributed by atoms with E-state index in [1.165, 1.54) is 0 Å². The monoisotopic (exact) mass is 328 g/mol. The maximum absolute atomic E-state index is 12.0. The largest absolute Gasteiger partial charge is 0.349 e. The lowest BCUT2D eigenvalue weighted by Crippen LogP contribution is -2.43. The zero-order chi connectivity index (χ0) is 16.9. The summed E-state index contributed by atoms with van der Waals surface area (Å²) in [6, 6.07) is 5.92. The van der Waals surface area contributed by atoms with Gasteiger partial charge in [0.1, 0.15) is 5.82 Å². The Morgan fingerprint density at radius 2 is 2.29 bits per heavy atom. The van der Waals surface area contributed by atoms with E-state index in [2.05, 4.69) is 39.5 Å². The van der Waals surface area contributed by atoms with E-state index in [9.17, 15) is 4.79 Å². The molecule has 24 heavy (non-hydrogen) atoms. The third kappa shape index (κ3) is 4.17. The minimum Gasteiger partial charge on any atom is -0.349 e. The summed E-state index contributed by atoms with van der Waals surface area (Å²) in [5, 5.41) is 10.8. The lowest BCUT2D eigenvalue weighted by atomic mass is 10.1. The molecule has 0 unspecified atom stereocenters. The van der Waals surface area contributed by atoms with Crippen LogP contribution in [0.4, 0.5) is 0 Å². The first-order valence-corrected chi connectivity index (χ1v) is 8.45. The van der Waals surface area contributed by atoms with E-state index >= 15 is 0 Å². The maximum Gasteiger partial charge on any atom is 0.234 e. The summed E-state index contributed by atoms with van der Waals surface area (Å²) in [4.78, 5) is 20.7. The molecule has 1 amide bonds. The van der Waals surface area contributed by atoms with Crippen molar-refractivity contribution in [3.63, 3.8) is 0 Å². The summed E-state index contributed by atoms with van der Waals surface area (Å²) < 4.78 is 1.97. The molecule has 0 saturated heterocycles. The Hall–Kier alpha value is -2.28. The van der Waals surface area contributed by atoms with Crippen molar-refractivity contribution in [1.82, 2.24) is 30.4 Å². The molecular formula is C17H24N6O. The van der Waals surface area contributed by atoms with Crippen LogP contribution in [0.5, 0.6) is 0 Å². The predicted octanol–water partition coefficient (Wildman–Crippen LogP) is 1.02. The molecule has 0 spiro atoms. The number of hydrogen-bond donors (Lipinski definition) is 2. The fraction of sp³-hybridized carbons (Fsp3) is 0.529. The average molecular weight is 328 g/mol. The first-order chi connectivity index (χ1) is 11.6. The Morgan fingerprint density at radius 1 is 1.42 bits per heavy atom. The molecule has 7 heteroatoms. The van der Waals surface area contributed by atoms with E-state index in [1.807, 2.05) is 22.9 Å². The number of carbonyl (C=O) groups excluding carboxylic acids is 1. The van der Waals surface area contributed by atoms with Crippen LogP contribution in [0, 0.1) is 0 Å². The van der Waals surface area contributed by atoms with Crippen LogP contribution in [0.1, 0.15) is 43.5 Å². The third-order valence-corrected chi connectivity index (χ3v) is 4.13. The number of aromatic nitrogens is 4. The molecule has 0 aromatic carbocycles. The normalized spacial score (nSPS) is 16.9. The lowest BCUT2D eigenvalue weighted by Gasteiger charge is -2.23. The highest BCUT2D eigenvalue weighted by Gasteiger charge is 2.22. The topological polar surface area (TPSA) is 84.7 Å². The van der Waals surface area contributed by atoms with Gasteiger partial charge < -0.3 is 10.6 Å². The zero-order valence-electron chi connectivity index (χ0n) is 14.2. The Kier molecular flexibility index (Phi) is 5.20. The molecule has 2 N–H and O–H groups in total. The van der Waals surface area contributed by atoms with Gasteiger partial charge in [-0.2, -0.15) is 5.10 Å². The van der Waals surface area contributed by atoms with Gasteiger partial charge in [0.15, 0.2) is 5.82 Å². The van der Waals surface area contributed by atoms with Gasteiger partial charge in [0.25, 0.3) is 0 Å². The number of fused-ring (bicyclic) bond motifs is 1. The summed E-state index contributed by atoms with van der Waals surface area (Å²) in [7, 11) is 0. The van der Waals surface area contributed by atoms with Gasteiger partial charge in [0, 0.05) is 24.6 Å². The Morgan fingerprint density at radius 3 is 3.04 bits per heavy atom. The molecule has 1 atom stereocenters. The van der Waals surface area contributed by atoms with Crippen LogP contribution >= 0.6 is 0 Å². The molecule has 0 radical (unpaired) electrons. The van der Waals surface area contributed by atoms with Crippen molar-refractivity contribution in [3.8, 4) is 0 Å². The van der Waals surface area contributed by atoms with Crippen LogP contribution in [0.15, 0.2) is 24.4 Å². The molecule has 2 aromatic rings. The first kappa shape index (κ1) is 16.6. The van der Waals surface area contributed by atoms with Crippen LogP contribution in [-0.4, -0.2) is 38.2 Å². The quantitative estimate of drug-likeness (QED) is 0.827. The summed E-state index contributed by atoms with van der Waals surface area (Å²) in [5.74, 6) is 2.27. The van der Waals surface area contributed by atoms with Gasteiger partial charge >= 0.3 is 0 Å². The van der Waals surface area contributed by atoms with Gasteiger partial charge in [-0.05, 0) is 18.6 Å². The Balaban J connectivity index is 1.44. The average Bonchev–Trinajstić information content (AvgIpc) is 3.02. The van der Waals surface area contributed by atoms with Gasteiger partial charge in [0.2, 0.25) is 5.91 Å². The number of hydrogen-bond acceptors (Lipinski definition) is 5. The number of aryl methyl sites for hydroxylation is 1. The van der Waals surface area contributed by atoms with Crippen molar-refractivity contribution in [2.24, 2.45) is 0 Å². The predicted molar refractivity (Wildman–Crippen MR) is 90.3 cm³/mol. The van der Waals surface area contributed by atoms with Gasteiger partial charge in [-0.3, -0.25) is 9.78 Å². The summed E-state index contributed by atoms with van der Waals surface area (Å²) in [5.41, 5.74) is 0.858. The van der Waals surface area contributed by atoms with E-state index in [0.717, 1.165) is 36.7 Å². The number of carbonyl (C=O) groups is 1. The molecule has 2 aromatic heterocycles. The summed E-state index contributed by atoms with van der Waals surface area (Å²) in [6.07, 6.45) is 3.60. The molecular weight excluding hydrogens is 304 g/mol. The molecule has 0 fully saturated rings. The Labute approximate surface area is 141 Å². The van der Waals surface area contributed by atoms with Crippen LogP contribution in [0.2, 0.25) is 0 Å². The van der Waals surface area contributed by atoms with Crippen LogP contribution < -0.4 is 10.6 Å². The summed E-state index contributed by atoms with van der Waals surface area (Å²) >= 11 is 0. The number of amides is 1. The molecule has 1 aliphatic rings. The van der Waals surface area contributed by atoms with Crippen molar-refractivity contribution in [3.05, 3.63) is 41.7 Å². The van der Waals surface area contributed by atoms with Crippen molar-refractivity contribution < 1.29 is 4.79 Å². The molecule has 0 saturated carbocycles. The molecule has 1 aliphatic heterocycles. The van der Waals surface area contributed by atoms with E-state index in [-0.39, 0.29) is 11.9 Å². The van der Waals surface area contributed by atoms with E-state index in [1.54, 1.807) is 6.20 Å². The fourth-order valence-corrected chi connectivity index (χ4v) is 2.73. The second-order valence-electron chi connectivity index (χ2n) is 6.44. The maximum atomic E-state index is 12.0. The van der Waals surface area contributed by atoms with Crippen LogP contribution in [0.3, 0.4) is 0 Å². The number of nitrogens with zero attached hydrogens (tertiary/aromatic N) is 4. The van der Waals surface area contributed by atoms with Crippen molar-refractivity contribution >= 4 is 5.91 Å². The molecule has 0 bridgehead atoms. The first-order valence-electron chi connectivity index (χ1n) is 8.45. The highest BCUT2D eigenvalue weighted by Crippen LogP contribution is 2.16. The fourth-order valence-electron chi connectivity index (χ4n) is 2.73. The van der Waals surface area contributed by atoms with E-state index in [4.69, 9.17) is 0 Å². The molecule has 7 nitrogen and oxygen atoms in total. The van der Waals surface area contributed by atoms with E-state index < -0.39 is 0 Å². The van der Waals surface area contributed by atoms with Gasteiger partial charge in [-0.15, -0.1) is 0 Å². The SMILES string of the molecule is CC(C)c1nc2n(n1)C[C@@H](NCC(=O)NCc1ccccn1)CC2. The smallest absolute Gasteiger partial charge is 0.234 e. The minimum absolute atomic E-state index is 0.0205. The Bertz CT molecular complexity index is 682. The number of nitrogens with one attached hydrogen (secondary N) is 2. The van der Waals surface area contributed by atoms with Gasteiger partial charge in [-0.25, -0.2) is 9.67 Å². The zero-order valence-corrected chi connectivity index (χ0v) is 14.2. The van der Waals surface area contributed by atoms with Crippen LogP contribution in [0.25, 0.3) is 0 Å². The highest BCUT2D eigenvalue weighted by molar-refractivity contribution is 5.77. The highest BCUT2D eigenvalue weighted by atomic mass is 16.1. The van der Waals surface area contributed by atoms with Gasteiger partial charge in [0.05, 0.1) is 25.3 Å². The van der Waals surface area contributed by atoms with Crippen molar-refractivity contribution in [2.45, 2.75) is 51.7 Å². The van der Waals surface area contributed by atoms with E-state index in [0.29, 0.717) is 19.0 Å². The second-order valence-corrected chi connectivity index (χ2v) is 6.44. The molecule has 128 valence electrons. The lowest BCUT2D eigenvalue weighted by molar-refractivity contribution is -0.120. The second kappa shape index (κ2) is 7.53. The third-order valence-electron chi connectivity index (χ3n) is 4.13. The van der Waals surface area contributed by atoms with Crippen molar-refractivity contribution in [1.29, 1.82) is 0 Å². The van der Waals surface area contributed by atoms with Crippen LogP contribution in [-0.2, 0) is 24.3 Å². The van der Waals surface area contributed by atoms with Gasteiger partial charge in [-0.1, -0.05) is 19.9 Å². The molecule has 3 rings (SSSR count). The standard InChI is InChI=1S/C17H24N6O/c1-12(2)17-21-15-7-6-14(11-23(15)22-17)19-10-16(24)20-9-13-5-3-4-8-18-13/h3-5,8,12,14,19H,6-7,9-11H2,1-2H3,(H,20,24)/t14-/m0/s1. The molecule has 0 aliphatic carbocycles. The minimum atomic E-state index is -0.0205. The molecule has 3 heterocycles. The summed E-state index contributed by atoms with van der Waals surface area (Å²) in [6.45, 7) is 5.73. The van der Waals surface area contributed by atoms with Crippen molar-refractivity contribution in [2.75, 3.05) is 6.54 Å². The number of rotatable bonds is 6.